The van der Waals surface area contributed by atoms with Crippen molar-refractivity contribution in [3.63, 3.8) is 0 Å². The highest BCUT2D eigenvalue weighted by molar-refractivity contribution is 5.12. The second-order valence-electron chi connectivity index (χ2n) is 6.51. The molecule has 1 aliphatic heterocycles. The SMILES string of the molecule is Cc1ccc(CNCC(C)(C)N2CCN(C)CC2)cn1. The third-order valence-corrected chi connectivity index (χ3v) is 4.22. The van der Waals surface area contributed by atoms with Gasteiger partial charge in [0.05, 0.1) is 0 Å². The summed E-state index contributed by atoms with van der Waals surface area (Å²) in [6.45, 7) is 13.3. The Balaban J connectivity index is 1.78. The van der Waals surface area contributed by atoms with Gasteiger partial charge in [0.1, 0.15) is 0 Å². The molecule has 0 bridgehead atoms. The van der Waals surface area contributed by atoms with Gasteiger partial charge in [-0.3, -0.25) is 9.88 Å². The number of rotatable bonds is 5. The first-order valence-electron chi connectivity index (χ1n) is 7.53. The van der Waals surface area contributed by atoms with E-state index < -0.39 is 0 Å². The fourth-order valence-electron chi connectivity index (χ4n) is 2.64. The maximum absolute atomic E-state index is 4.34. The van der Waals surface area contributed by atoms with Gasteiger partial charge in [-0.15, -0.1) is 0 Å². The molecular formula is C16H28N4. The number of hydrogen-bond acceptors (Lipinski definition) is 4. The van der Waals surface area contributed by atoms with Crippen molar-refractivity contribution in [2.75, 3.05) is 39.8 Å². The summed E-state index contributed by atoms with van der Waals surface area (Å²) < 4.78 is 0. The molecule has 0 unspecified atom stereocenters. The number of hydrogen-bond donors (Lipinski definition) is 1. The molecule has 0 radical (unpaired) electrons. The van der Waals surface area contributed by atoms with Gasteiger partial charge in [-0.25, -0.2) is 0 Å². The molecule has 1 saturated heterocycles. The Kier molecular flexibility index (Phi) is 5.13. The predicted octanol–water partition coefficient (Wildman–Crippen LogP) is 1.51. The Bertz CT molecular complexity index is 405. The summed E-state index contributed by atoms with van der Waals surface area (Å²) in [5.74, 6) is 0. The van der Waals surface area contributed by atoms with Crippen molar-refractivity contribution < 1.29 is 0 Å². The van der Waals surface area contributed by atoms with E-state index in [0.717, 1.165) is 31.9 Å². The predicted molar refractivity (Wildman–Crippen MR) is 83.8 cm³/mol. The second kappa shape index (κ2) is 6.66. The Labute approximate surface area is 123 Å². The van der Waals surface area contributed by atoms with Crippen LogP contribution < -0.4 is 5.32 Å². The molecule has 0 aromatic carbocycles. The van der Waals surface area contributed by atoms with Crippen LogP contribution >= 0.6 is 0 Å². The first kappa shape index (κ1) is 15.4. The van der Waals surface area contributed by atoms with Crippen molar-refractivity contribution in [3.8, 4) is 0 Å². The molecular weight excluding hydrogens is 248 g/mol. The molecule has 4 heteroatoms. The number of aromatic nitrogens is 1. The maximum Gasteiger partial charge on any atom is 0.0372 e. The third kappa shape index (κ3) is 4.27. The number of nitrogens with one attached hydrogen (secondary N) is 1. The molecule has 2 rings (SSSR count). The molecule has 0 aliphatic carbocycles. The summed E-state index contributed by atoms with van der Waals surface area (Å²) in [6.07, 6.45) is 1.96. The van der Waals surface area contributed by atoms with Crippen molar-refractivity contribution in [1.82, 2.24) is 20.1 Å². The van der Waals surface area contributed by atoms with Gasteiger partial charge in [0.15, 0.2) is 0 Å². The van der Waals surface area contributed by atoms with Gasteiger partial charge in [-0.2, -0.15) is 0 Å². The van der Waals surface area contributed by atoms with Gasteiger partial charge in [0.25, 0.3) is 0 Å². The summed E-state index contributed by atoms with van der Waals surface area (Å²) >= 11 is 0. The molecule has 0 spiro atoms. The average Bonchev–Trinajstić information content (AvgIpc) is 2.41. The van der Waals surface area contributed by atoms with Crippen LogP contribution in [-0.2, 0) is 6.54 Å². The van der Waals surface area contributed by atoms with Gasteiger partial charge >= 0.3 is 0 Å². The van der Waals surface area contributed by atoms with E-state index in [9.17, 15) is 0 Å². The first-order valence-corrected chi connectivity index (χ1v) is 7.53. The zero-order valence-electron chi connectivity index (χ0n) is 13.3. The Morgan fingerprint density at radius 1 is 1.20 bits per heavy atom. The van der Waals surface area contributed by atoms with E-state index in [1.54, 1.807) is 0 Å². The number of likely N-dealkylation sites (N-methyl/N-ethyl adjacent to an activating group) is 1. The van der Waals surface area contributed by atoms with Crippen LogP contribution in [0.5, 0.6) is 0 Å². The van der Waals surface area contributed by atoms with Crippen LogP contribution in [0.2, 0.25) is 0 Å². The third-order valence-electron chi connectivity index (χ3n) is 4.22. The fourth-order valence-corrected chi connectivity index (χ4v) is 2.64. The Morgan fingerprint density at radius 3 is 2.50 bits per heavy atom. The smallest absolute Gasteiger partial charge is 0.0372 e. The topological polar surface area (TPSA) is 31.4 Å². The number of aryl methyl sites for hydroxylation is 1. The molecule has 112 valence electrons. The molecule has 1 N–H and O–H groups in total. The molecule has 4 nitrogen and oxygen atoms in total. The van der Waals surface area contributed by atoms with E-state index in [-0.39, 0.29) is 5.54 Å². The molecule has 20 heavy (non-hydrogen) atoms. The van der Waals surface area contributed by atoms with E-state index in [1.807, 2.05) is 13.1 Å². The zero-order valence-corrected chi connectivity index (χ0v) is 13.3. The second-order valence-corrected chi connectivity index (χ2v) is 6.51. The molecule has 1 fully saturated rings. The van der Waals surface area contributed by atoms with Gasteiger partial charge in [-0.05, 0) is 39.4 Å². The largest absolute Gasteiger partial charge is 0.311 e. The standard InChI is InChI=1S/C16H28N4/c1-14-5-6-15(12-18-14)11-17-13-16(2,3)20-9-7-19(4)8-10-20/h5-6,12,17H,7-11,13H2,1-4H3. The lowest BCUT2D eigenvalue weighted by atomic mass is 10.0. The quantitative estimate of drug-likeness (QED) is 0.883. The number of pyridine rings is 1. The summed E-state index contributed by atoms with van der Waals surface area (Å²) in [5.41, 5.74) is 2.54. The lowest BCUT2D eigenvalue weighted by molar-refractivity contribution is 0.0618. The molecule has 0 amide bonds. The molecule has 1 aromatic heterocycles. The van der Waals surface area contributed by atoms with Crippen molar-refractivity contribution in [1.29, 1.82) is 0 Å². The molecule has 0 saturated carbocycles. The highest BCUT2D eigenvalue weighted by Crippen LogP contribution is 2.15. The zero-order chi connectivity index (χ0) is 14.6. The molecule has 0 atom stereocenters. The fraction of sp³-hybridized carbons (Fsp3) is 0.688. The molecule has 1 aliphatic rings. The van der Waals surface area contributed by atoms with E-state index in [1.165, 1.54) is 18.7 Å². The lowest BCUT2D eigenvalue weighted by Gasteiger charge is -2.43. The van der Waals surface area contributed by atoms with Gasteiger partial charge < -0.3 is 10.2 Å². The summed E-state index contributed by atoms with van der Waals surface area (Å²) in [5, 5.41) is 3.57. The van der Waals surface area contributed by atoms with Crippen molar-refractivity contribution in [2.45, 2.75) is 32.9 Å². The van der Waals surface area contributed by atoms with Gasteiger partial charge in [0, 0.05) is 56.7 Å². The van der Waals surface area contributed by atoms with Crippen LogP contribution in [0.25, 0.3) is 0 Å². The normalized spacial score (nSPS) is 18.4. The van der Waals surface area contributed by atoms with E-state index in [2.05, 4.69) is 53.1 Å². The van der Waals surface area contributed by atoms with Crippen molar-refractivity contribution >= 4 is 0 Å². The summed E-state index contributed by atoms with van der Waals surface area (Å²) in [6, 6.07) is 4.22. The molecule has 2 heterocycles. The lowest BCUT2D eigenvalue weighted by Crippen LogP contribution is -2.57. The van der Waals surface area contributed by atoms with Crippen molar-refractivity contribution in [3.05, 3.63) is 29.6 Å². The highest BCUT2D eigenvalue weighted by Gasteiger charge is 2.28. The van der Waals surface area contributed by atoms with Crippen LogP contribution in [0.1, 0.15) is 25.1 Å². The Hall–Kier alpha value is -0.970. The van der Waals surface area contributed by atoms with Crippen LogP contribution in [0, 0.1) is 6.92 Å². The highest BCUT2D eigenvalue weighted by atomic mass is 15.3. The minimum absolute atomic E-state index is 0.208. The van der Waals surface area contributed by atoms with Crippen LogP contribution in [-0.4, -0.2) is 60.1 Å². The number of nitrogens with zero attached hydrogens (tertiary/aromatic N) is 3. The summed E-state index contributed by atoms with van der Waals surface area (Å²) in [7, 11) is 2.20. The van der Waals surface area contributed by atoms with E-state index in [4.69, 9.17) is 0 Å². The van der Waals surface area contributed by atoms with Gasteiger partial charge in [0.2, 0.25) is 0 Å². The number of piperazine rings is 1. The minimum Gasteiger partial charge on any atom is -0.311 e. The molecule has 1 aromatic rings. The Morgan fingerprint density at radius 2 is 1.90 bits per heavy atom. The van der Waals surface area contributed by atoms with Crippen LogP contribution in [0.3, 0.4) is 0 Å². The van der Waals surface area contributed by atoms with E-state index in [0.29, 0.717) is 0 Å². The maximum atomic E-state index is 4.34. The first-order chi connectivity index (χ1) is 9.47. The minimum atomic E-state index is 0.208. The monoisotopic (exact) mass is 276 g/mol. The van der Waals surface area contributed by atoms with Crippen molar-refractivity contribution in [2.24, 2.45) is 0 Å². The average molecular weight is 276 g/mol. The summed E-state index contributed by atoms with van der Waals surface area (Å²) in [4.78, 5) is 9.33. The van der Waals surface area contributed by atoms with Crippen LogP contribution in [0.4, 0.5) is 0 Å². The van der Waals surface area contributed by atoms with Gasteiger partial charge in [-0.1, -0.05) is 6.07 Å². The van der Waals surface area contributed by atoms with E-state index >= 15 is 0 Å². The van der Waals surface area contributed by atoms with Crippen LogP contribution in [0.15, 0.2) is 18.3 Å².